The Morgan fingerprint density at radius 3 is 2.57 bits per heavy atom. The maximum Gasteiger partial charge on any atom is 0.214 e. The van der Waals surface area contributed by atoms with Gasteiger partial charge in [0.15, 0.2) is 0 Å². The van der Waals surface area contributed by atoms with Crippen LogP contribution >= 0.6 is 0 Å². The minimum atomic E-state index is -3.24. The van der Waals surface area contributed by atoms with Crippen LogP contribution in [0.1, 0.15) is 19.3 Å². The summed E-state index contributed by atoms with van der Waals surface area (Å²) in [4.78, 5) is 0. The number of nitrogens with one attached hydrogen (secondary N) is 2. The lowest BCUT2D eigenvalue weighted by molar-refractivity contribution is 0.221. The second-order valence-corrected chi connectivity index (χ2v) is 5.97. The topological polar surface area (TPSA) is 58.2 Å². The Kier molecular flexibility index (Phi) is 2.77. The molecule has 82 valence electrons. The molecule has 0 radical (unpaired) electrons. The predicted octanol–water partition coefficient (Wildman–Crippen LogP) is -0.232. The fourth-order valence-corrected chi connectivity index (χ4v) is 3.28. The first-order chi connectivity index (χ1) is 6.59. The van der Waals surface area contributed by atoms with Crippen LogP contribution in [0.2, 0.25) is 0 Å². The van der Waals surface area contributed by atoms with Crippen LogP contribution in [0.5, 0.6) is 0 Å². The van der Waals surface area contributed by atoms with Gasteiger partial charge >= 0.3 is 0 Å². The molecule has 1 saturated carbocycles. The van der Waals surface area contributed by atoms with Gasteiger partial charge in [0.05, 0.1) is 11.3 Å². The molecule has 1 heterocycles. The molecule has 2 unspecified atom stereocenters. The van der Waals surface area contributed by atoms with E-state index in [2.05, 4.69) is 10.0 Å². The van der Waals surface area contributed by atoms with E-state index in [0.717, 1.165) is 12.8 Å². The quantitative estimate of drug-likeness (QED) is 0.693. The molecule has 2 fully saturated rings. The Labute approximate surface area is 83.3 Å². The van der Waals surface area contributed by atoms with Gasteiger partial charge < -0.3 is 5.32 Å². The summed E-state index contributed by atoms with van der Waals surface area (Å²) in [5.74, 6) is 0. The summed E-state index contributed by atoms with van der Waals surface area (Å²) < 4.78 is 38.8. The van der Waals surface area contributed by atoms with Crippen molar-refractivity contribution in [3.05, 3.63) is 0 Å². The highest BCUT2D eigenvalue weighted by atomic mass is 32.2. The van der Waals surface area contributed by atoms with E-state index in [1.54, 1.807) is 0 Å². The Morgan fingerprint density at radius 2 is 2.00 bits per heavy atom. The van der Waals surface area contributed by atoms with E-state index in [0.29, 0.717) is 13.0 Å². The lowest BCUT2D eigenvalue weighted by Crippen LogP contribution is -2.51. The molecule has 2 rings (SSSR count). The van der Waals surface area contributed by atoms with Crippen molar-refractivity contribution in [1.29, 1.82) is 0 Å². The molecule has 6 heteroatoms. The first kappa shape index (κ1) is 10.3. The minimum absolute atomic E-state index is 0.248. The molecule has 2 N–H and O–H groups in total. The monoisotopic (exact) mass is 222 g/mol. The summed E-state index contributed by atoms with van der Waals surface area (Å²) in [6, 6.07) is -0.526. The van der Waals surface area contributed by atoms with Gasteiger partial charge in [-0.15, -0.1) is 0 Å². The number of rotatable bonds is 3. The van der Waals surface area contributed by atoms with Gasteiger partial charge in [-0.05, 0) is 25.8 Å². The number of alkyl halides is 1. The summed E-state index contributed by atoms with van der Waals surface area (Å²) in [6.45, 7) is 0.927. The third-order valence-corrected chi connectivity index (χ3v) is 4.67. The Balaban J connectivity index is 1.95. The summed E-state index contributed by atoms with van der Waals surface area (Å²) >= 11 is 0. The molecule has 2 aliphatic rings. The Hall–Kier alpha value is -0.200. The van der Waals surface area contributed by atoms with Gasteiger partial charge in [0.25, 0.3) is 0 Å². The number of sulfonamides is 1. The van der Waals surface area contributed by atoms with Gasteiger partial charge in [0, 0.05) is 6.54 Å². The normalized spacial score (nSPS) is 34.4. The summed E-state index contributed by atoms with van der Waals surface area (Å²) in [5.41, 5.74) is 0. The number of hydrogen-bond acceptors (Lipinski definition) is 3. The molecule has 1 aliphatic heterocycles. The van der Waals surface area contributed by atoms with Crippen LogP contribution in [0.4, 0.5) is 4.39 Å². The van der Waals surface area contributed by atoms with Gasteiger partial charge in [-0.3, -0.25) is 0 Å². The van der Waals surface area contributed by atoms with Crippen LogP contribution in [-0.2, 0) is 10.0 Å². The average molecular weight is 222 g/mol. The Bertz CT molecular complexity index is 302. The van der Waals surface area contributed by atoms with Crippen molar-refractivity contribution < 1.29 is 12.8 Å². The van der Waals surface area contributed by atoms with Crippen LogP contribution in [0.15, 0.2) is 0 Å². The van der Waals surface area contributed by atoms with Crippen molar-refractivity contribution in [2.45, 2.75) is 36.7 Å². The third-order valence-electron chi connectivity index (χ3n) is 2.69. The van der Waals surface area contributed by atoms with E-state index in [9.17, 15) is 12.8 Å². The molecule has 14 heavy (non-hydrogen) atoms. The first-order valence-corrected chi connectivity index (χ1v) is 6.50. The maximum absolute atomic E-state index is 13.3. The largest absolute Gasteiger partial charge is 0.314 e. The minimum Gasteiger partial charge on any atom is -0.314 e. The second-order valence-electron chi connectivity index (χ2n) is 3.98. The van der Waals surface area contributed by atoms with Crippen molar-refractivity contribution >= 4 is 10.0 Å². The van der Waals surface area contributed by atoms with E-state index < -0.39 is 22.2 Å². The lowest BCUT2D eigenvalue weighted by atomic mass is 10.1. The van der Waals surface area contributed by atoms with E-state index >= 15 is 0 Å². The SMILES string of the molecule is O=S(=O)(NC1CCNCC1F)C1CC1. The van der Waals surface area contributed by atoms with Crippen LogP contribution < -0.4 is 10.0 Å². The van der Waals surface area contributed by atoms with E-state index in [1.165, 1.54) is 0 Å². The number of piperidine rings is 1. The predicted molar refractivity (Wildman–Crippen MR) is 51.2 cm³/mol. The highest BCUT2D eigenvalue weighted by Gasteiger charge is 2.38. The molecule has 4 nitrogen and oxygen atoms in total. The fraction of sp³-hybridized carbons (Fsp3) is 1.00. The van der Waals surface area contributed by atoms with Crippen molar-refractivity contribution in [3.8, 4) is 0 Å². The van der Waals surface area contributed by atoms with Gasteiger partial charge in [0.2, 0.25) is 10.0 Å². The molecule has 0 aromatic carbocycles. The summed E-state index contributed by atoms with van der Waals surface area (Å²) in [5, 5.41) is 2.63. The number of hydrogen-bond donors (Lipinski definition) is 2. The highest BCUT2D eigenvalue weighted by molar-refractivity contribution is 7.90. The number of halogens is 1. The third kappa shape index (κ3) is 2.24. The highest BCUT2D eigenvalue weighted by Crippen LogP contribution is 2.28. The van der Waals surface area contributed by atoms with Crippen molar-refractivity contribution in [1.82, 2.24) is 10.0 Å². The average Bonchev–Trinajstić information content (AvgIpc) is 2.91. The van der Waals surface area contributed by atoms with Crippen molar-refractivity contribution in [3.63, 3.8) is 0 Å². The summed E-state index contributed by atoms with van der Waals surface area (Å²) in [7, 11) is -3.24. The van der Waals surface area contributed by atoms with Gasteiger partial charge in [-0.1, -0.05) is 0 Å². The van der Waals surface area contributed by atoms with Crippen LogP contribution in [0.25, 0.3) is 0 Å². The zero-order valence-corrected chi connectivity index (χ0v) is 8.69. The standard InChI is InChI=1S/C8H15FN2O2S/c9-7-5-10-4-3-8(7)11-14(12,13)6-1-2-6/h6-8,10-11H,1-5H2. The van der Waals surface area contributed by atoms with E-state index in [1.807, 2.05) is 0 Å². The molecule has 0 spiro atoms. The van der Waals surface area contributed by atoms with Gasteiger partial charge in [0.1, 0.15) is 6.17 Å². The summed E-state index contributed by atoms with van der Waals surface area (Å²) in [6.07, 6.45) is 0.874. The lowest BCUT2D eigenvalue weighted by Gasteiger charge is -2.27. The van der Waals surface area contributed by atoms with E-state index in [4.69, 9.17) is 0 Å². The molecule has 0 bridgehead atoms. The molecular weight excluding hydrogens is 207 g/mol. The Morgan fingerprint density at radius 1 is 1.29 bits per heavy atom. The molecule has 0 amide bonds. The second kappa shape index (κ2) is 3.75. The molecule has 1 aliphatic carbocycles. The molecule has 0 aromatic heterocycles. The smallest absolute Gasteiger partial charge is 0.214 e. The van der Waals surface area contributed by atoms with Crippen LogP contribution in [0, 0.1) is 0 Å². The fourth-order valence-electron chi connectivity index (χ4n) is 1.64. The van der Waals surface area contributed by atoms with Crippen LogP contribution in [0.3, 0.4) is 0 Å². The molecule has 1 saturated heterocycles. The zero-order chi connectivity index (χ0) is 10.2. The molecule has 2 atom stereocenters. The zero-order valence-electron chi connectivity index (χ0n) is 7.87. The van der Waals surface area contributed by atoms with E-state index in [-0.39, 0.29) is 11.8 Å². The van der Waals surface area contributed by atoms with Crippen molar-refractivity contribution in [2.24, 2.45) is 0 Å². The molecular formula is C8H15FN2O2S. The first-order valence-electron chi connectivity index (χ1n) is 4.95. The van der Waals surface area contributed by atoms with Crippen molar-refractivity contribution in [2.75, 3.05) is 13.1 Å². The maximum atomic E-state index is 13.3. The molecule has 0 aromatic rings. The van der Waals surface area contributed by atoms with Crippen LogP contribution in [-0.4, -0.2) is 39.0 Å². The van der Waals surface area contributed by atoms with Gasteiger partial charge in [-0.2, -0.15) is 0 Å². The van der Waals surface area contributed by atoms with Gasteiger partial charge in [-0.25, -0.2) is 17.5 Å².